The van der Waals surface area contributed by atoms with Gasteiger partial charge >= 0.3 is 0 Å². The molecule has 0 aliphatic carbocycles. The average Bonchev–Trinajstić information content (AvgIpc) is 2.81. The van der Waals surface area contributed by atoms with E-state index in [2.05, 4.69) is 16.3 Å². The van der Waals surface area contributed by atoms with Gasteiger partial charge in [-0.3, -0.25) is 9.69 Å². The van der Waals surface area contributed by atoms with Crippen molar-refractivity contribution in [2.24, 2.45) is 0 Å². The van der Waals surface area contributed by atoms with E-state index in [0.29, 0.717) is 6.04 Å². The fourth-order valence-electron chi connectivity index (χ4n) is 3.73. The predicted molar refractivity (Wildman–Crippen MR) is 83.2 cm³/mol. The predicted octanol–water partition coefficient (Wildman–Crippen LogP) is 2.18. The number of aryl methyl sites for hydroxylation is 1. The number of aliphatic hydroxyl groups is 1. The second-order valence-corrected chi connectivity index (χ2v) is 6.32. The summed E-state index contributed by atoms with van der Waals surface area (Å²) in [4.78, 5) is 14.9. The van der Waals surface area contributed by atoms with Crippen LogP contribution in [0.4, 0.5) is 5.69 Å². The van der Waals surface area contributed by atoms with Crippen LogP contribution >= 0.6 is 0 Å². The molecule has 1 aromatic carbocycles. The number of likely N-dealkylation sites (tertiary alicyclic amines) is 1. The van der Waals surface area contributed by atoms with Gasteiger partial charge in [0.2, 0.25) is 5.91 Å². The Morgan fingerprint density at radius 1 is 1.38 bits per heavy atom. The molecule has 114 valence electrons. The quantitative estimate of drug-likeness (QED) is 0.896. The van der Waals surface area contributed by atoms with E-state index in [-0.39, 0.29) is 18.1 Å². The summed E-state index contributed by atoms with van der Waals surface area (Å²) in [5, 5.41) is 12.7. The molecule has 0 bridgehead atoms. The van der Waals surface area contributed by atoms with Crippen molar-refractivity contribution in [1.82, 2.24) is 4.90 Å². The van der Waals surface area contributed by atoms with Gasteiger partial charge in [0.1, 0.15) is 0 Å². The summed E-state index contributed by atoms with van der Waals surface area (Å²) >= 11 is 0. The van der Waals surface area contributed by atoms with E-state index < -0.39 is 0 Å². The Morgan fingerprint density at radius 2 is 2.19 bits per heavy atom. The number of benzene rings is 1. The van der Waals surface area contributed by atoms with E-state index >= 15 is 0 Å². The number of carbonyl (C=O) groups excluding carboxylic acids is 1. The maximum absolute atomic E-state index is 12.6. The number of aliphatic hydroxyl groups excluding tert-OH is 1. The van der Waals surface area contributed by atoms with Crippen LogP contribution in [-0.2, 0) is 11.2 Å². The summed E-state index contributed by atoms with van der Waals surface area (Å²) in [6.07, 6.45) is 4.45. The zero-order valence-corrected chi connectivity index (χ0v) is 12.6. The van der Waals surface area contributed by atoms with Gasteiger partial charge < -0.3 is 10.4 Å². The first-order valence-corrected chi connectivity index (χ1v) is 7.97. The summed E-state index contributed by atoms with van der Waals surface area (Å²) in [7, 11) is 0. The second kappa shape index (κ2) is 6.16. The molecule has 0 radical (unpaired) electrons. The largest absolute Gasteiger partial charge is 0.393 e. The lowest BCUT2D eigenvalue weighted by atomic mass is 10.0. The number of nitrogens with zero attached hydrogens (tertiary/aromatic N) is 1. The van der Waals surface area contributed by atoms with Gasteiger partial charge in [0.05, 0.1) is 12.1 Å². The monoisotopic (exact) mass is 288 g/mol. The van der Waals surface area contributed by atoms with Crippen molar-refractivity contribution < 1.29 is 9.90 Å². The third-order valence-electron chi connectivity index (χ3n) is 4.70. The molecule has 4 nitrogen and oxygen atoms in total. The van der Waals surface area contributed by atoms with Crippen molar-refractivity contribution in [3.05, 3.63) is 29.8 Å². The minimum absolute atomic E-state index is 0.0661. The van der Waals surface area contributed by atoms with Crippen LogP contribution in [-0.4, -0.2) is 40.6 Å². The average molecular weight is 288 g/mol. The van der Waals surface area contributed by atoms with E-state index in [9.17, 15) is 9.90 Å². The van der Waals surface area contributed by atoms with E-state index in [0.717, 1.165) is 44.3 Å². The molecular weight excluding hydrogens is 264 g/mol. The Bertz CT molecular complexity index is 515. The van der Waals surface area contributed by atoms with E-state index in [4.69, 9.17) is 0 Å². The molecule has 1 amide bonds. The van der Waals surface area contributed by atoms with Gasteiger partial charge in [0, 0.05) is 11.7 Å². The number of hydrogen-bond acceptors (Lipinski definition) is 3. The number of carbonyl (C=O) groups is 1. The standard InChI is InChI=1S/C17H24N2O2/c1-12(20)11-14-6-4-10-19(14)16-9-8-13-5-2-3-7-15(13)18-17(16)21/h2-3,5,7,12,14,16,20H,4,6,8-11H2,1H3,(H,18,21). The number of hydrogen-bond donors (Lipinski definition) is 2. The van der Waals surface area contributed by atoms with Crippen molar-refractivity contribution >= 4 is 11.6 Å². The van der Waals surface area contributed by atoms with Crippen LogP contribution in [0, 0.1) is 0 Å². The molecular formula is C17H24N2O2. The van der Waals surface area contributed by atoms with Gasteiger partial charge in [-0.05, 0) is 57.2 Å². The molecule has 1 fully saturated rings. The highest BCUT2D eigenvalue weighted by Gasteiger charge is 2.36. The number of rotatable bonds is 3. The third-order valence-corrected chi connectivity index (χ3v) is 4.70. The topological polar surface area (TPSA) is 52.6 Å². The number of para-hydroxylation sites is 1. The fourth-order valence-corrected chi connectivity index (χ4v) is 3.73. The fraction of sp³-hybridized carbons (Fsp3) is 0.588. The molecule has 0 saturated carbocycles. The van der Waals surface area contributed by atoms with Crippen LogP contribution in [0.2, 0.25) is 0 Å². The van der Waals surface area contributed by atoms with Gasteiger partial charge in [-0.1, -0.05) is 18.2 Å². The molecule has 3 rings (SSSR count). The zero-order chi connectivity index (χ0) is 14.8. The molecule has 2 N–H and O–H groups in total. The molecule has 0 aromatic heterocycles. The Labute approximate surface area is 126 Å². The third kappa shape index (κ3) is 3.11. The summed E-state index contributed by atoms with van der Waals surface area (Å²) in [5.41, 5.74) is 2.18. The summed E-state index contributed by atoms with van der Waals surface area (Å²) in [6, 6.07) is 8.33. The highest BCUT2D eigenvalue weighted by Crippen LogP contribution is 2.29. The Morgan fingerprint density at radius 3 is 3.00 bits per heavy atom. The van der Waals surface area contributed by atoms with E-state index in [1.807, 2.05) is 25.1 Å². The van der Waals surface area contributed by atoms with Crippen molar-refractivity contribution in [2.75, 3.05) is 11.9 Å². The first-order chi connectivity index (χ1) is 10.1. The molecule has 1 aromatic rings. The zero-order valence-electron chi connectivity index (χ0n) is 12.6. The SMILES string of the molecule is CC(O)CC1CCCN1C1CCc2ccccc2NC1=O. The summed E-state index contributed by atoms with van der Waals surface area (Å²) in [6.45, 7) is 2.80. The molecule has 3 atom stereocenters. The Kier molecular flexibility index (Phi) is 4.27. The first kappa shape index (κ1) is 14.5. The number of anilines is 1. The van der Waals surface area contributed by atoms with Crippen LogP contribution < -0.4 is 5.32 Å². The van der Waals surface area contributed by atoms with Gasteiger partial charge in [0.25, 0.3) is 0 Å². The summed E-state index contributed by atoms with van der Waals surface area (Å²) in [5.74, 6) is 0.109. The lowest BCUT2D eigenvalue weighted by Crippen LogP contribution is -2.46. The van der Waals surface area contributed by atoms with Crippen LogP contribution in [0.5, 0.6) is 0 Å². The van der Waals surface area contributed by atoms with Gasteiger partial charge in [-0.15, -0.1) is 0 Å². The van der Waals surface area contributed by atoms with Crippen molar-refractivity contribution in [2.45, 2.75) is 57.2 Å². The Balaban J connectivity index is 1.76. The molecule has 4 heteroatoms. The molecule has 3 unspecified atom stereocenters. The molecule has 2 aliphatic rings. The number of nitrogens with one attached hydrogen (secondary N) is 1. The number of amides is 1. The van der Waals surface area contributed by atoms with Crippen molar-refractivity contribution in [1.29, 1.82) is 0 Å². The lowest BCUT2D eigenvalue weighted by molar-refractivity contribution is -0.122. The smallest absolute Gasteiger partial charge is 0.241 e. The second-order valence-electron chi connectivity index (χ2n) is 6.32. The summed E-state index contributed by atoms with van der Waals surface area (Å²) < 4.78 is 0. The van der Waals surface area contributed by atoms with Gasteiger partial charge in [-0.25, -0.2) is 0 Å². The van der Waals surface area contributed by atoms with Gasteiger partial charge in [0.15, 0.2) is 0 Å². The van der Waals surface area contributed by atoms with Crippen molar-refractivity contribution in [3.63, 3.8) is 0 Å². The maximum atomic E-state index is 12.6. The molecule has 0 spiro atoms. The lowest BCUT2D eigenvalue weighted by Gasteiger charge is -2.31. The Hall–Kier alpha value is -1.39. The normalized spacial score (nSPS) is 27.8. The molecule has 2 heterocycles. The molecule has 21 heavy (non-hydrogen) atoms. The highest BCUT2D eigenvalue weighted by atomic mass is 16.3. The minimum atomic E-state index is -0.304. The van der Waals surface area contributed by atoms with Crippen LogP contribution in [0.3, 0.4) is 0 Å². The minimum Gasteiger partial charge on any atom is -0.393 e. The van der Waals surface area contributed by atoms with Crippen LogP contribution in [0.25, 0.3) is 0 Å². The van der Waals surface area contributed by atoms with E-state index in [1.54, 1.807) is 0 Å². The van der Waals surface area contributed by atoms with Crippen molar-refractivity contribution in [3.8, 4) is 0 Å². The maximum Gasteiger partial charge on any atom is 0.241 e. The van der Waals surface area contributed by atoms with Crippen LogP contribution in [0.15, 0.2) is 24.3 Å². The van der Waals surface area contributed by atoms with Gasteiger partial charge in [-0.2, -0.15) is 0 Å². The highest BCUT2D eigenvalue weighted by molar-refractivity contribution is 5.96. The first-order valence-electron chi connectivity index (χ1n) is 7.97. The number of fused-ring (bicyclic) bond motifs is 1. The molecule has 1 saturated heterocycles. The van der Waals surface area contributed by atoms with E-state index in [1.165, 1.54) is 5.56 Å². The van der Waals surface area contributed by atoms with Crippen LogP contribution in [0.1, 0.15) is 38.2 Å². The molecule has 2 aliphatic heterocycles.